The number of likely N-dealkylation sites (N-methyl/N-ethyl adjacent to an activating group) is 2. The van der Waals surface area contributed by atoms with Crippen molar-refractivity contribution in [1.82, 2.24) is 14.8 Å². The zero-order valence-corrected chi connectivity index (χ0v) is 44.6. The van der Waals surface area contributed by atoms with Crippen molar-refractivity contribution in [3.05, 3.63) is 35.4 Å². The Morgan fingerprint density at radius 2 is 1.62 bits per heavy atom. The van der Waals surface area contributed by atoms with Crippen LogP contribution in [-0.2, 0) is 38.1 Å². The summed E-state index contributed by atoms with van der Waals surface area (Å²) >= 11 is 0. The second-order valence-corrected chi connectivity index (χ2v) is 22.3. The molecule has 6 rings (SSSR count). The highest BCUT2D eigenvalue weighted by Crippen LogP contribution is 2.40. The fourth-order valence-electron chi connectivity index (χ4n) is 11.6. The van der Waals surface area contributed by atoms with E-state index in [1.54, 1.807) is 53.5 Å². The second kappa shape index (κ2) is 23.9. The average Bonchev–Trinajstić information content (AvgIpc) is 3.98. The molecule has 3 fully saturated rings. The number of cyclic esters (lactones) is 1. The number of hydrogen-bond acceptors (Lipinski definition) is 19. The van der Waals surface area contributed by atoms with Crippen LogP contribution in [0.1, 0.15) is 113 Å². The lowest BCUT2D eigenvalue weighted by molar-refractivity contribution is -0.318. The molecule has 1 aromatic rings. The van der Waals surface area contributed by atoms with Gasteiger partial charge in [-0.05, 0) is 106 Å². The van der Waals surface area contributed by atoms with E-state index in [-0.39, 0.29) is 43.4 Å². The SMILES string of the molecule is CC[C@H]1OC(=O)[C@H](C)[C@@H](O[C@H]2C[C@@](C)(OC)[C@@H](O)[C@H](C)O2)[C@H](C)[C@@H](O[C@@H]2O[C@H](C)C[C@H](N(C)CCC3CN(C[C@H]4CC(c5cc(F)cc(F)c5)=NO4)N=N3)[C@H]2O)[C@](C)(O)C[C@@H](C)CN(C)[C@H](C)[C@@H](O)[C@]1(C)O. The van der Waals surface area contributed by atoms with Crippen molar-refractivity contribution in [2.45, 2.75) is 210 Å². The minimum absolute atomic E-state index is 0.0872. The van der Waals surface area contributed by atoms with Crippen molar-refractivity contribution >= 4 is 11.7 Å². The third-order valence-corrected chi connectivity index (χ3v) is 16.0. The molecular weight excluding hydrogens is 943 g/mol. The van der Waals surface area contributed by atoms with Crippen LogP contribution in [0.2, 0.25) is 0 Å². The molecule has 0 spiro atoms. The van der Waals surface area contributed by atoms with Crippen LogP contribution in [-0.4, -0.2) is 202 Å². The van der Waals surface area contributed by atoms with Crippen LogP contribution >= 0.6 is 0 Å². The molecule has 5 aliphatic heterocycles. The molecule has 0 aromatic heterocycles. The van der Waals surface area contributed by atoms with Crippen LogP contribution in [0.25, 0.3) is 0 Å². The number of aliphatic hydroxyl groups is 5. The number of methoxy groups -OCH3 is 1. The largest absolute Gasteiger partial charge is 0.459 e. The van der Waals surface area contributed by atoms with Gasteiger partial charge in [0.2, 0.25) is 0 Å². The number of aliphatic hydroxyl groups excluding tert-OH is 3. The molecule has 0 bridgehead atoms. The highest BCUT2D eigenvalue weighted by atomic mass is 19.1. The van der Waals surface area contributed by atoms with Crippen LogP contribution in [0.5, 0.6) is 0 Å². The van der Waals surface area contributed by atoms with Crippen molar-refractivity contribution in [2.75, 3.05) is 47.4 Å². The van der Waals surface area contributed by atoms with E-state index in [9.17, 15) is 39.1 Å². The lowest BCUT2D eigenvalue weighted by Crippen LogP contribution is -2.61. The smallest absolute Gasteiger partial charge is 0.311 e. The molecule has 5 aliphatic rings. The van der Waals surface area contributed by atoms with Gasteiger partial charge in [0.25, 0.3) is 0 Å². The number of carbonyl (C=O) groups excluding carboxylic acids is 1. The maximum atomic E-state index is 14.5. The number of oxime groups is 1. The normalized spacial score (nSPS) is 43.0. The molecule has 1 unspecified atom stereocenters. The Bertz CT molecular complexity index is 2000. The van der Waals surface area contributed by atoms with E-state index in [1.165, 1.54) is 26.2 Å². The van der Waals surface area contributed by atoms with E-state index in [0.29, 0.717) is 56.7 Å². The Hall–Kier alpha value is -3.06. The minimum Gasteiger partial charge on any atom is -0.459 e. The Labute approximate surface area is 424 Å². The molecular formula is C51H84F2N6O13. The number of hydrogen-bond donors (Lipinski definition) is 5. The fourth-order valence-corrected chi connectivity index (χ4v) is 11.6. The first-order valence-electron chi connectivity index (χ1n) is 25.8. The Morgan fingerprint density at radius 1 is 0.944 bits per heavy atom. The van der Waals surface area contributed by atoms with Gasteiger partial charge in [-0.3, -0.25) is 9.80 Å². The predicted octanol–water partition coefficient (Wildman–Crippen LogP) is 4.18. The maximum Gasteiger partial charge on any atom is 0.311 e. The summed E-state index contributed by atoms with van der Waals surface area (Å²) in [4.78, 5) is 24.0. The van der Waals surface area contributed by atoms with E-state index in [0.717, 1.165) is 6.07 Å². The topological polar surface area (TPSA) is 230 Å². The van der Waals surface area contributed by atoms with E-state index >= 15 is 0 Å². The summed E-state index contributed by atoms with van der Waals surface area (Å²) in [7, 11) is 5.24. The van der Waals surface area contributed by atoms with E-state index in [2.05, 4.69) is 15.5 Å². The van der Waals surface area contributed by atoms with Crippen LogP contribution in [0.15, 0.2) is 33.7 Å². The van der Waals surface area contributed by atoms with Gasteiger partial charge in [0.05, 0.1) is 66.4 Å². The fraction of sp³-hybridized carbons (Fsp3) is 0.843. The summed E-state index contributed by atoms with van der Waals surface area (Å²) in [6, 6.07) is 2.07. The highest BCUT2D eigenvalue weighted by Gasteiger charge is 2.53. The Morgan fingerprint density at radius 3 is 2.28 bits per heavy atom. The van der Waals surface area contributed by atoms with Gasteiger partial charge in [-0.25, -0.2) is 8.78 Å². The predicted molar refractivity (Wildman–Crippen MR) is 260 cm³/mol. The third kappa shape index (κ3) is 13.5. The van der Waals surface area contributed by atoms with Gasteiger partial charge in [-0.1, -0.05) is 31.2 Å². The van der Waals surface area contributed by atoms with Gasteiger partial charge >= 0.3 is 5.97 Å². The quantitative estimate of drug-likeness (QED) is 0.175. The number of rotatable bonds is 13. The molecule has 410 valence electrons. The molecule has 1 aromatic carbocycles. The van der Waals surface area contributed by atoms with Crippen LogP contribution in [0.3, 0.4) is 0 Å². The number of ether oxygens (including phenoxy) is 6. The van der Waals surface area contributed by atoms with E-state index in [1.807, 2.05) is 37.7 Å². The zero-order valence-electron chi connectivity index (χ0n) is 44.6. The number of halogens is 2. The monoisotopic (exact) mass is 1030 g/mol. The van der Waals surface area contributed by atoms with Gasteiger partial charge in [-0.15, -0.1) is 0 Å². The molecule has 0 radical (unpaired) electrons. The maximum absolute atomic E-state index is 14.5. The van der Waals surface area contributed by atoms with Crippen molar-refractivity contribution in [2.24, 2.45) is 33.2 Å². The first-order chi connectivity index (χ1) is 33.7. The standard InChI is InChI=1S/C51H84F2N6O13/c1-14-40-51(10,65)44(61)31(6)58(12)24-27(2)22-49(8,64)46(29(4)43(30(5)47(63)69-40)70-41-23-50(9,66-13)45(62)32(7)68-41)71-48-42(60)39(17-28(3)67-48)57(11)16-15-36-25-59(56-54-36)26-37-21-38(55-72-37)33-18-34(52)20-35(53)19-33/h18-20,27-32,36-37,39-46,48,60-62,64-65H,14-17,21-26H2,1-13H3/t27-,28-,29+,30-,31-,32+,36?,37-,39+,40-,41+,42-,43+,44-,45+,46-,48+,49-,50-,51-/m1/s1. The zero-order chi connectivity index (χ0) is 53.2. The van der Waals surface area contributed by atoms with Gasteiger partial charge < -0.3 is 68.6 Å². The Balaban J connectivity index is 1.20. The van der Waals surface area contributed by atoms with Crippen LogP contribution in [0.4, 0.5) is 8.78 Å². The molecule has 0 saturated carbocycles. The van der Waals surface area contributed by atoms with Crippen LogP contribution < -0.4 is 0 Å². The molecule has 0 aliphatic carbocycles. The van der Waals surface area contributed by atoms with E-state index in [4.69, 9.17) is 33.3 Å². The number of benzene rings is 1. The first-order valence-corrected chi connectivity index (χ1v) is 25.8. The summed E-state index contributed by atoms with van der Waals surface area (Å²) in [6.07, 6.45) is -8.70. The molecule has 5 heterocycles. The van der Waals surface area contributed by atoms with Gasteiger partial charge in [0.1, 0.15) is 41.7 Å². The summed E-state index contributed by atoms with van der Waals surface area (Å²) in [6.45, 7) is 19.3. The lowest BCUT2D eigenvalue weighted by Gasteiger charge is -2.49. The summed E-state index contributed by atoms with van der Waals surface area (Å²) in [5.74, 6) is -4.23. The molecule has 21 heteroatoms. The Kier molecular flexibility index (Phi) is 19.3. The number of esters is 1. The molecule has 72 heavy (non-hydrogen) atoms. The third-order valence-electron chi connectivity index (χ3n) is 16.0. The van der Waals surface area contributed by atoms with Crippen LogP contribution in [0, 0.1) is 29.4 Å². The summed E-state index contributed by atoms with van der Waals surface area (Å²) in [5.41, 5.74) is -3.79. The van der Waals surface area contributed by atoms with E-state index < -0.39 is 114 Å². The first kappa shape index (κ1) is 58.2. The van der Waals surface area contributed by atoms with Crippen molar-refractivity contribution < 1.29 is 72.4 Å². The van der Waals surface area contributed by atoms with Gasteiger partial charge in [0.15, 0.2) is 18.7 Å². The number of nitrogens with zero attached hydrogens (tertiary/aromatic N) is 6. The summed E-state index contributed by atoms with van der Waals surface area (Å²) in [5, 5.41) is 74.4. The lowest BCUT2D eigenvalue weighted by atomic mass is 9.77. The van der Waals surface area contributed by atoms with Gasteiger partial charge in [-0.2, -0.15) is 5.11 Å². The molecule has 20 atom stereocenters. The molecule has 0 amide bonds. The molecule has 5 N–H and O–H groups in total. The van der Waals surface area contributed by atoms with Crippen molar-refractivity contribution in [3.63, 3.8) is 0 Å². The number of carbonyl (C=O) groups is 1. The summed E-state index contributed by atoms with van der Waals surface area (Å²) < 4.78 is 66.0. The highest BCUT2D eigenvalue weighted by molar-refractivity contribution is 6.01. The molecule has 19 nitrogen and oxygen atoms in total. The minimum atomic E-state index is -1.85. The van der Waals surface area contributed by atoms with Crippen molar-refractivity contribution in [3.8, 4) is 0 Å². The van der Waals surface area contributed by atoms with Crippen molar-refractivity contribution in [1.29, 1.82) is 0 Å². The average molecular weight is 1030 g/mol. The second-order valence-electron chi connectivity index (χ2n) is 22.3. The molecule has 3 saturated heterocycles. The van der Waals surface area contributed by atoms with Gasteiger partial charge in [0, 0.05) is 62.7 Å².